The Hall–Kier alpha value is -1.24. The zero-order valence-corrected chi connectivity index (χ0v) is 14.2. The minimum atomic E-state index is 0.0574. The second-order valence-electron chi connectivity index (χ2n) is 6.24. The largest absolute Gasteiger partial charge is 0.335 e. The number of thioether (sulfide) groups is 1. The number of amides is 2. The van der Waals surface area contributed by atoms with Crippen LogP contribution in [0.15, 0.2) is 5.16 Å². The van der Waals surface area contributed by atoms with Gasteiger partial charge in [-0.25, -0.2) is 4.79 Å². The van der Waals surface area contributed by atoms with Crippen LogP contribution in [0.4, 0.5) is 4.79 Å². The van der Waals surface area contributed by atoms with Gasteiger partial charge in [0.2, 0.25) is 0 Å². The summed E-state index contributed by atoms with van der Waals surface area (Å²) in [7, 11) is 1.98. The van der Waals surface area contributed by atoms with Crippen LogP contribution in [-0.4, -0.2) is 44.5 Å². The van der Waals surface area contributed by atoms with Crippen molar-refractivity contribution in [3.63, 3.8) is 0 Å². The number of carbonyl (C=O) groups excluding carboxylic acids is 1. The second-order valence-corrected chi connectivity index (χ2v) is 7.01. The van der Waals surface area contributed by atoms with Crippen molar-refractivity contribution >= 4 is 17.8 Å². The predicted octanol–water partition coefficient (Wildman–Crippen LogP) is 2.72. The summed E-state index contributed by atoms with van der Waals surface area (Å²) in [6.07, 6.45) is 9.99. The fraction of sp³-hybridized carbons (Fsp3) is 0.800. The lowest BCUT2D eigenvalue weighted by molar-refractivity contribution is 0.182. The first-order valence-electron chi connectivity index (χ1n) is 8.21. The van der Waals surface area contributed by atoms with Gasteiger partial charge in [0.05, 0.1) is 6.04 Å². The molecule has 0 spiro atoms. The Kier molecular flexibility index (Phi) is 4.90. The molecule has 1 saturated heterocycles. The maximum atomic E-state index is 12.6. The summed E-state index contributed by atoms with van der Waals surface area (Å²) in [4.78, 5) is 14.6. The van der Waals surface area contributed by atoms with Crippen LogP contribution in [0.3, 0.4) is 0 Å². The molecule has 7 heteroatoms. The smallest absolute Gasteiger partial charge is 0.318 e. The average Bonchev–Trinajstić information content (AvgIpc) is 3.14. The summed E-state index contributed by atoms with van der Waals surface area (Å²) in [5, 5.41) is 12.6. The van der Waals surface area contributed by atoms with E-state index in [1.165, 1.54) is 19.3 Å². The van der Waals surface area contributed by atoms with Crippen molar-refractivity contribution in [2.75, 3.05) is 12.8 Å². The number of aromatic nitrogens is 3. The van der Waals surface area contributed by atoms with Crippen LogP contribution in [0.25, 0.3) is 0 Å². The highest BCUT2D eigenvalue weighted by atomic mass is 32.2. The van der Waals surface area contributed by atoms with Crippen molar-refractivity contribution in [3.05, 3.63) is 5.82 Å². The predicted molar refractivity (Wildman–Crippen MR) is 86.9 cm³/mol. The van der Waals surface area contributed by atoms with Crippen molar-refractivity contribution in [2.45, 2.75) is 62.2 Å². The van der Waals surface area contributed by atoms with Gasteiger partial charge >= 0.3 is 6.03 Å². The highest BCUT2D eigenvalue weighted by Gasteiger charge is 2.34. The topological polar surface area (TPSA) is 63.1 Å². The zero-order chi connectivity index (χ0) is 15.5. The maximum Gasteiger partial charge on any atom is 0.318 e. The number of carbonyl (C=O) groups is 1. The molecule has 0 aromatic carbocycles. The molecule has 1 N–H and O–H groups in total. The van der Waals surface area contributed by atoms with Crippen molar-refractivity contribution in [1.29, 1.82) is 0 Å². The van der Waals surface area contributed by atoms with Crippen molar-refractivity contribution in [1.82, 2.24) is 25.0 Å². The number of hydrogen-bond acceptors (Lipinski definition) is 4. The van der Waals surface area contributed by atoms with E-state index in [-0.39, 0.29) is 12.1 Å². The SMILES string of the molecule is CSc1nnc([C@H]2CCCN2C(=O)NC2CCCCC2)n1C. The van der Waals surface area contributed by atoms with E-state index in [0.717, 1.165) is 43.2 Å². The van der Waals surface area contributed by atoms with E-state index < -0.39 is 0 Å². The lowest BCUT2D eigenvalue weighted by Crippen LogP contribution is -2.45. The number of likely N-dealkylation sites (tertiary alicyclic amines) is 1. The van der Waals surface area contributed by atoms with Gasteiger partial charge in [-0.05, 0) is 31.9 Å². The lowest BCUT2D eigenvalue weighted by Gasteiger charge is -2.29. The van der Waals surface area contributed by atoms with Crippen molar-refractivity contribution in [3.8, 4) is 0 Å². The van der Waals surface area contributed by atoms with Crippen LogP contribution in [0, 0.1) is 0 Å². The van der Waals surface area contributed by atoms with Gasteiger partial charge in [0.1, 0.15) is 0 Å². The molecule has 0 radical (unpaired) electrons. The summed E-state index contributed by atoms with van der Waals surface area (Å²) in [6.45, 7) is 0.810. The molecule has 1 atom stereocenters. The molecule has 0 bridgehead atoms. The third-order valence-corrected chi connectivity index (χ3v) is 5.52. The molecule has 1 aliphatic heterocycles. The Morgan fingerprint density at radius 3 is 2.64 bits per heavy atom. The van der Waals surface area contributed by atoms with E-state index in [2.05, 4.69) is 15.5 Å². The van der Waals surface area contributed by atoms with E-state index in [1.54, 1.807) is 11.8 Å². The standard InChI is InChI=1S/C15H25N5OS/c1-19-13(17-18-15(19)22-2)12-9-6-10-20(12)14(21)16-11-7-4-3-5-8-11/h11-12H,3-10H2,1-2H3,(H,16,21)/t12-/m1/s1. The molecule has 1 saturated carbocycles. The van der Waals surface area contributed by atoms with Gasteiger partial charge in [0, 0.05) is 19.6 Å². The summed E-state index contributed by atoms with van der Waals surface area (Å²) in [6, 6.07) is 0.480. The molecular formula is C15H25N5OS. The van der Waals surface area contributed by atoms with E-state index in [0.29, 0.717) is 6.04 Å². The third kappa shape index (κ3) is 3.09. The maximum absolute atomic E-state index is 12.6. The zero-order valence-electron chi connectivity index (χ0n) is 13.4. The van der Waals surface area contributed by atoms with Crippen LogP contribution < -0.4 is 5.32 Å². The number of rotatable bonds is 3. The molecule has 2 fully saturated rings. The number of hydrogen-bond donors (Lipinski definition) is 1. The van der Waals surface area contributed by atoms with E-state index in [1.807, 2.05) is 22.8 Å². The Balaban J connectivity index is 1.69. The van der Waals surface area contributed by atoms with Gasteiger partial charge in [-0.15, -0.1) is 10.2 Å². The first kappa shape index (κ1) is 15.6. The van der Waals surface area contributed by atoms with Crippen LogP contribution in [0.1, 0.15) is 56.8 Å². The minimum absolute atomic E-state index is 0.0574. The first-order valence-corrected chi connectivity index (χ1v) is 9.43. The van der Waals surface area contributed by atoms with Crippen molar-refractivity contribution in [2.24, 2.45) is 7.05 Å². The number of nitrogens with zero attached hydrogens (tertiary/aromatic N) is 4. The molecule has 22 heavy (non-hydrogen) atoms. The molecule has 2 heterocycles. The van der Waals surface area contributed by atoms with E-state index in [9.17, 15) is 4.79 Å². The molecule has 122 valence electrons. The molecule has 1 aromatic rings. The van der Waals surface area contributed by atoms with Crippen LogP contribution in [0.2, 0.25) is 0 Å². The van der Waals surface area contributed by atoms with Crippen molar-refractivity contribution < 1.29 is 4.79 Å². The fourth-order valence-electron chi connectivity index (χ4n) is 3.58. The highest BCUT2D eigenvalue weighted by molar-refractivity contribution is 7.98. The number of urea groups is 1. The number of nitrogens with one attached hydrogen (secondary N) is 1. The van der Waals surface area contributed by atoms with Crippen LogP contribution in [-0.2, 0) is 7.05 Å². The molecule has 0 unspecified atom stereocenters. The Bertz CT molecular complexity index is 526. The fourth-order valence-corrected chi connectivity index (χ4v) is 4.07. The molecule has 1 aromatic heterocycles. The molecule has 1 aliphatic carbocycles. The Morgan fingerprint density at radius 2 is 1.95 bits per heavy atom. The van der Waals surface area contributed by atoms with E-state index in [4.69, 9.17) is 0 Å². The third-order valence-electron chi connectivity index (χ3n) is 4.80. The van der Waals surface area contributed by atoms with E-state index >= 15 is 0 Å². The average molecular weight is 323 g/mol. The molecule has 2 amide bonds. The van der Waals surface area contributed by atoms with Crippen LogP contribution >= 0.6 is 11.8 Å². The summed E-state index contributed by atoms with van der Waals surface area (Å²) in [5.74, 6) is 0.903. The normalized spacial score (nSPS) is 23.0. The minimum Gasteiger partial charge on any atom is -0.335 e. The summed E-state index contributed by atoms with van der Waals surface area (Å²) >= 11 is 1.58. The van der Waals surface area contributed by atoms with Gasteiger partial charge in [-0.2, -0.15) is 0 Å². The summed E-state index contributed by atoms with van der Waals surface area (Å²) in [5.41, 5.74) is 0. The quantitative estimate of drug-likeness (QED) is 0.869. The van der Waals surface area contributed by atoms with Gasteiger partial charge in [0.15, 0.2) is 11.0 Å². The summed E-state index contributed by atoms with van der Waals surface area (Å²) < 4.78 is 2.02. The van der Waals surface area contributed by atoms with Gasteiger partial charge < -0.3 is 14.8 Å². The van der Waals surface area contributed by atoms with Gasteiger partial charge in [-0.3, -0.25) is 0 Å². The molecule has 6 nitrogen and oxygen atoms in total. The van der Waals surface area contributed by atoms with Crippen LogP contribution in [0.5, 0.6) is 0 Å². The second kappa shape index (κ2) is 6.89. The Morgan fingerprint density at radius 1 is 1.18 bits per heavy atom. The van der Waals surface area contributed by atoms with Gasteiger partial charge in [-0.1, -0.05) is 31.0 Å². The molecule has 2 aliphatic rings. The highest BCUT2D eigenvalue weighted by Crippen LogP contribution is 2.32. The van der Waals surface area contributed by atoms with Gasteiger partial charge in [0.25, 0.3) is 0 Å². The lowest BCUT2D eigenvalue weighted by atomic mass is 9.96. The molecule has 3 rings (SSSR count). The first-order chi connectivity index (χ1) is 10.7. The molecular weight excluding hydrogens is 298 g/mol. The monoisotopic (exact) mass is 323 g/mol. The Labute approximate surface area is 136 Å².